The van der Waals surface area contributed by atoms with Gasteiger partial charge in [0.1, 0.15) is 22.5 Å². The molecule has 3 atom stereocenters. The number of hydrogen-bond acceptors (Lipinski definition) is 4. The summed E-state index contributed by atoms with van der Waals surface area (Å²) < 4.78 is 13.0. The lowest BCUT2D eigenvalue weighted by atomic mass is 9.83. The van der Waals surface area contributed by atoms with Crippen molar-refractivity contribution in [2.45, 2.75) is 32.1 Å². The van der Waals surface area contributed by atoms with Gasteiger partial charge in [-0.1, -0.05) is 166 Å². The molecule has 0 amide bonds. The van der Waals surface area contributed by atoms with Gasteiger partial charge in [-0.3, -0.25) is 0 Å². The first kappa shape index (κ1) is 39.5. The van der Waals surface area contributed by atoms with E-state index in [1.165, 1.54) is 16.5 Å². The summed E-state index contributed by atoms with van der Waals surface area (Å²) in [5.74, 6) is 1.95. The van der Waals surface area contributed by atoms with Crippen LogP contribution in [0.4, 0.5) is 28.4 Å². The summed E-state index contributed by atoms with van der Waals surface area (Å²) in [7, 11) is 0. The first-order valence-corrected chi connectivity index (χ1v) is 23.1. The summed E-state index contributed by atoms with van der Waals surface area (Å²) in [5.41, 5.74) is 16.5. The zero-order valence-electron chi connectivity index (χ0n) is 37.0. The second-order valence-electron chi connectivity index (χ2n) is 17.7. The van der Waals surface area contributed by atoms with E-state index >= 15 is 0 Å². The maximum atomic E-state index is 6.59. The van der Waals surface area contributed by atoms with Crippen molar-refractivity contribution in [1.82, 2.24) is 0 Å². The minimum absolute atomic E-state index is 0.227. The Hall–Kier alpha value is -8.08. The fraction of sp³-hybridized carbons (Fsp3) is 0.0968. The molecule has 0 aliphatic heterocycles. The minimum atomic E-state index is 0.227. The molecule has 0 bridgehead atoms. The van der Waals surface area contributed by atoms with Crippen molar-refractivity contribution in [2.75, 3.05) is 9.80 Å². The molecule has 3 unspecified atom stereocenters. The zero-order valence-corrected chi connectivity index (χ0v) is 37.0. The zero-order chi connectivity index (χ0) is 44.1. The Labute approximate surface area is 385 Å². The van der Waals surface area contributed by atoms with Crippen molar-refractivity contribution in [1.29, 1.82) is 0 Å². The fourth-order valence-corrected chi connectivity index (χ4v) is 10.2. The van der Waals surface area contributed by atoms with E-state index < -0.39 is 0 Å². The van der Waals surface area contributed by atoms with Gasteiger partial charge in [0, 0.05) is 78.8 Å². The Morgan fingerprint density at radius 3 is 1.64 bits per heavy atom. The molecule has 4 heteroatoms. The van der Waals surface area contributed by atoms with Crippen LogP contribution in [0.3, 0.4) is 0 Å². The van der Waals surface area contributed by atoms with E-state index in [0.29, 0.717) is 5.92 Å². The molecule has 2 aromatic heterocycles. The molecule has 2 aliphatic carbocycles. The summed E-state index contributed by atoms with van der Waals surface area (Å²) in [6.07, 6.45) is 12.6. The third-order valence-corrected chi connectivity index (χ3v) is 13.6. The topological polar surface area (TPSA) is 32.8 Å². The second kappa shape index (κ2) is 16.5. The molecular weight excluding hydrogens is 805 g/mol. The minimum Gasteiger partial charge on any atom is -0.459 e. The third-order valence-electron chi connectivity index (χ3n) is 13.6. The van der Waals surface area contributed by atoms with Crippen molar-refractivity contribution in [3.8, 4) is 22.3 Å². The van der Waals surface area contributed by atoms with Crippen LogP contribution in [0.2, 0.25) is 0 Å². The Morgan fingerprint density at radius 2 is 0.985 bits per heavy atom. The predicted octanol–water partition coefficient (Wildman–Crippen LogP) is 17.7. The summed E-state index contributed by atoms with van der Waals surface area (Å²) >= 11 is 0. The average Bonchev–Trinajstić information content (AvgIpc) is 3.96. The number of nitrogens with zero attached hydrogens (tertiary/aromatic N) is 2. The SMILES string of the molecule is CC1CC=Cc2c1oc1c(-c3ccc(N(c4ccccc4)c4ccc(C5C=CC(N(c6ccccc6)c6ccc(-c7cccc8c7oc7ccccc78)cc6)=CC5C)cc4)cc3)cccc21. The quantitative estimate of drug-likeness (QED) is 0.145. The largest absolute Gasteiger partial charge is 0.459 e. The molecule has 0 saturated heterocycles. The Balaban J connectivity index is 0.819. The number of fused-ring (bicyclic) bond motifs is 6. The van der Waals surface area contributed by atoms with Crippen molar-refractivity contribution in [3.05, 3.63) is 241 Å². The predicted molar refractivity (Wildman–Crippen MR) is 275 cm³/mol. The Morgan fingerprint density at radius 1 is 0.455 bits per heavy atom. The number of hydrogen-bond donors (Lipinski definition) is 0. The van der Waals surface area contributed by atoms with E-state index in [-0.39, 0.29) is 11.8 Å². The van der Waals surface area contributed by atoms with Gasteiger partial charge in [-0.2, -0.15) is 0 Å². The lowest BCUT2D eigenvalue weighted by Gasteiger charge is -2.32. The molecule has 0 saturated carbocycles. The standard InChI is InChI=1S/C62H48N2O2/c1-41-14-11-22-57-58-24-13-21-54(62(58)66-60(41)57)45-28-34-49(35-29-45)63(46-15-5-3-6-16-46)48-32-26-43(27-33-48)52-39-38-51(40-42(52)2)64(47-17-7-4-8-18-47)50-36-30-44(31-37-50)53-20-12-23-56-55-19-9-10-25-59(55)65-61(53)56/h3-13,15-42,52H,14H2,1-2H3. The van der Waals surface area contributed by atoms with Gasteiger partial charge in [0.15, 0.2) is 0 Å². The summed E-state index contributed by atoms with van der Waals surface area (Å²) in [4.78, 5) is 4.70. The van der Waals surface area contributed by atoms with Gasteiger partial charge in [-0.25, -0.2) is 0 Å². The summed E-state index contributed by atoms with van der Waals surface area (Å²) in [6.45, 7) is 4.58. The van der Waals surface area contributed by atoms with Gasteiger partial charge in [-0.15, -0.1) is 0 Å². The van der Waals surface area contributed by atoms with E-state index in [4.69, 9.17) is 8.83 Å². The molecule has 0 fully saturated rings. The lowest BCUT2D eigenvalue weighted by molar-refractivity contribution is 0.504. The smallest absolute Gasteiger partial charge is 0.143 e. The maximum Gasteiger partial charge on any atom is 0.143 e. The highest BCUT2D eigenvalue weighted by atomic mass is 16.3. The molecule has 318 valence electrons. The molecule has 66 heavy (non-hydrogen) atoms. The van der Waals surface area contributed by atoms with Crippen LogP contribution in [0, 0.1) is 5.92 Å². The molecule has 4 nitrogen and oxygen atoms in total. The van der Waals surface area contributed by atoms with Crippen molar-refractivity contribution < 1.29 is 8.83 Å². The van der Waals surface area contributed by atoms with Crippen molar-refractivity contribution >= 4 is 67.4 Å². The Kier molecular flexibility index (Phi) is 9.87. The van der Waals surface area contributed by atoms with Crippen LogP contribution in [0.25, 0.3) is 61.2 Å². The van der Waals surface area contributed by atoms with Crippen LogP contribution < -0.4 is 9.80 Å². The van der Waals surface area contributed by atoms with Gasteiger partial charge in [-0.05, 0) is 102 Å². The molecule has 2 aliphatic rings. The molecule has 0 spiro atoms. The number of para-hydroxylation sites is 5. The van der Waals surface area contributed by atoms with Gasteiger partial charge in [0.25, 0.3) is 0 Å². The van der Waals surface area contributed by atoms with Crippen LogP contribution in [-0.4, -0.2) is 0 Å². The molecular formula is C62H48N2O2. The highest BCUT2D eigenvalue weighted by Crippen LogP contribution is 2.44. The normalized spacial score (nSPS) is 16.7. The first-order chi connectivity index (χ1) is 32.6. The van der Waals surface area contributed by atoms with Crippen LogP contribution in [0.1, 0.15) is 49.0 Å². The fourth-order valence-electron chi connectivity index (χ4n) is 10.2. The van der Waals surface area contributed by atoms with Crippen LogP contribution in [-0.2, 0) is 0 Å². The van der Waals surface area contributed by atoms with E-state index in [1.54, 1.807) is 0 Å². The number of allylic oxidation sites excluding steroid dienone is 4. The van der Waals surface area contributed by atoms with E-state index in [9.17, 15) is 0 Å². The van der Waals surface area contributed by atoms with Crippen molar-refractivity contribution in [3.63, 3.8) is 0 Å². The second-order valence-corrected chi connectivity index (χ2v) is 17.7. The molecule has 0 N–H and O–H groups in total. The summed E-state index contributed by atoms with van der Waals surface area (Å²) in [5, 5.41) is 3.46. The number of anilines is 5. The molecule has 0 radical (unpaired) electrons. The van der Waals surface area contributed by atoms with E-state index in [1.807, 2.05) is 12.1 Å². The van der Waals surface area contributed by atoms with Crippen LogP contribution in [0.15, 0.2) is 233 Å². The third kappa shape index (κ3) is 6.94. The van der Waals surface area contributed by atoms with Crippen molar-refractivity contribution in [2.24, 2.45) is 5.92 Å². The summed E-state index contributed by atoms with van der Waals surface area (Å²) in [6, 6.07) is 69.4. The number of rotatable bonds is 9. The Bertz CT molecular complexity index is 3470. The van der Waals surface area contributed by atoms with Crippen LogP contribution in [0.5, 0.6) is 0 Å². The lowest BCUT2D eigenvalue weighted by Crippen LogP contribution is -2.20. The highest BCUT2D eigenvalue weighted by molar-refractivity contribution is 6.09. The number of furan rings is 2. The number of benzene rings is 8. The van der Waals surface area contributed by atoms with E-state index in [2.05, 4.69) is 236 Å². The highest BCUT2D eigenvalue weighted by Gasteiger charge is 2.25. The molecule has 12 rings (SSSR count). The van der Waals surface area contributed by atoms with E-state index in [0.717, 1.165) is 96.1 Å². The molecule has 10 aromatic rings. The van der Waals surface area contributed by atoms with Gasteiger partial charge in [0.2, 0.25) is 0 Å². The average molecular weight is 853 g/mol. The molecule has 2 heterocycles. The monoisotopic (exact) mass is 852 g/mol. The van der Waals surface area contributed by atoms with Crippen LogP contribution >= 0.6 is 0 Å². The van der Waals surface area contributed by atoms with Gasteiger partial charge < -0.3 is 18.6 Å². The van der Waals surface area contributed by atoms with Gasteiger partial charge in [0.05, 0.1) is 0 Å². The van der Waals surface area contributed by atoms with Gasteiger partial charge >= 0.3 is 0 Å². The maximum absolute atomic E-state index is 6.59. The first-order valence-electron chi connectivity index (χ1n) is 23.1. The molecule has 8 aromatic carbocycles.